The number of amides is 1. The standard InChI is InChI=1S/C16H27N3O4/c1-6-13-17-12(18-23-13)11-21-16(5)7-9-19(10-8-16)14(20)22-15(2,3)4/h6-11H2,1-5H3. The highest BCUT2D eigenvalue weighted by molar-refractivity contribution is 5.68. The molecule has 1 saturated heterocycles. The Balaban J connectivity index is 1.81. The molecule has 1 fully saturated rings. The smallest absolute Gasteiger partial charge is 0.410 e. The Labute approximate surface area is 137 Å². The van der Waals surface area contributed by atoms with Gasteiger partial charge in [-0.05, 0) is 40.5 Å². The molecule has 7 heteroatoms. The molecular formula is C16H27N3O4. The molecule has 0 aliphatic carbocycles. The first-order valence-electron chi connectivity index (χ1n) is 8.14. The molecule has 1 amide bonds. The van der Waals surface area contributed by atoms with Gasteiger partial charge in [-0.1, -0.05) is 12.1 Å². The summed E-state index contributed by atoms with van der Waals surface area (Å²) in [6, 6.07) is 0. The van der Waals surface area contributed by atoms with Crippen LogP contribution in [0.1, 0.15) is 59.2 Å². The number of piperidine rings is 1. The number of aryl methyl sites for hydroxylation is 1. The number of hydrogen-bond acceptors (Lipinski definition) is 6. The lowest BCUT2D eigenvalue weighted by Crippen LogP contribution is -2.47. The van der Waals surface area contributed by atoms with Crippen LogP contribution >= 0.6 is 0 Å². The summed E-state index contributed by atoms with van der Waals surface area (Å²) in [4.78, 5) is 18.0. The summed E-state index contributed by atoms with van der Waals surface area (Å²) in [5.74, 6) is 1.19. The van der Waals surface area contributed by atoms with Gasteiger partial charge in [0.05, 0.1) is 5.60 Å². The molecule has 0 unspecified atom stereocenters. The first-order chi connectivity index (χ1) is 10.7. The highest BCUT2D eigenvalue weighted by Crippen LogP contribution is 2.27. The Morgan fingerprint density at radius 3 is 2.52 bits per heavy atom. The van der Waals surface area contributed by atoms with Crippen molar-refractivity contribution in [3.63, 3.8) is 0 Å². The van der Waals surface area contributed by atoms with E-state index in [1.807, 2.05) is 27.7 Å². The number of ether oxygens (including phenoxy) is 2. The molecule has 7 nitrogen and oxygen atoms in total. The van der Waals surface area contributed by atoms with Crippen molar-refractivity contribution in [1.29, 1.82) is 0 Å². The van der Waals surface area contributed by atoms with Crippen LogP contribution in [0.5, 0.6) is 0 Å². The van der Waals surface area contributed by atoms with E-state index in [9.17, 15) is 4.79 Å². The molecule has 2 heterocycles. The quantitative estimate of drug-likeness (QED) is 0.847. The third kappa shape index (κ3) is 5.20. The van der Waals surface area contributed by atoms with Crippen molar-refractivity contribution in [3.8, 4) is 0 Å². The third-order valence-electron chi connectivity index (χ3n) is 3.84. The number of aromatic nitrogens is 2. The Kier molecular flexibility index (Phi) is 5.29. The van der Waals surface area contributed by atoms with Crippen LogP contribution in [0.25, 0.3) is 0 Å². The van der Waals surface area contributed by atoms with Gasteiger partial charge in [0.25, 0.3) is 0 Å². The number of rotatable bonds is 4. The minimum atomic E-state index is -0.468. The maximum atomic E-state index is 12.1. The largest absolute Gasteiger partial charge is 0.444 e. The van der Waals surface area contributed by atoms with Gasteiger partial charge in [0.2, 0.25) is 5.89 Å². The van der Waals surface area contributed by atoms with Crippen LogP contribution < -0.4 is 0 Å². The molecule has 0 bridgehead atoms. The first kappa shape index (κ1) is 17.7. The highest BCUT2D eigenvalue weighted by atomic mass is 16.6. The van der Waals surface area contributed by atoms with Crippen molar-refractivity contribution in [2.45, 2.75) is 71.7 Å². The van der Waals surface area contributed by atoms with Crippen molar-refractivity contribution in [1.82, 2.24) is 15.0 Å². The second-order valence-corrected chi connectivity index (χ2v) is 7.16. The maximum Gasteiger partial charge on any atom is 0.410 e. The summed E-state index contributed by atoms with van der Waals surface area (Å²) < 4.78 is 16.5. The zero-order valence-corrected chi connectivity index (χ0v) is 14.7. The summed E-state index contributed by atoms with van der Waals surface area (Å²) >= 11 is 0. The molecule has 0 spiro atoms. The Morgan fingerprint density at radius 1 is 1.35 bits per heavy atom. The van der Waals surface area contributed by atoms with Crippen LogP contribution in [0.15, 0.2) is 4.52 Å². The molecule has 1 aliphatic heterocycles. The summed E-state index contributed by atoms with van der Waals surface area (Å²) in [5, 5.41) is 3.89. The van der Waals surface area contributed by atoms with Crippen LogP contribution in [0.2, 0.25) is 0 Å². The molecule has 2 rings (SSSR count). The fourth-order valence-electron chi connectivity index (χ4n) is 2.36. The molecule has 1 aromatic heterocycles. The Bertz CT molecular complexity index is 528. The average Bonchev–Trinajstić information content (AvgIpc) is 2.92. The van der Waals surface area contributed by atoms with Gasteiger partial charge in [-0.25, -0.2) is 4.79 Å². The Hall–Kier alpha value is -1.63. The minimum Gasteiger partial charge on any atom is -0.444 e. The van der Waals surface area contributed by atoms with Gasteiger partial charge < -0.3 is 18.9 Å². The van der Waals surface area contributed by atoms with Crippen LogP contribution in [-0.2, 0) is 22.5 Å². The summed E-state index contributed by atoms with van der Waals surface area (Å²) in [6.45, 7) is 11.2. The molecule has 0 aromatic carbocycles. The van der Waals surface area contributed by atoms with Crippen molar-refractivity contribution in [2.75, 3.05) is 13.1 Å². The van der Waals surface area contributed by atoms with Crippen LogP contribution in [-0.4, -0.2) is 45.4 Å². The molecular weight excluding hydrogens is 298 g/mol. The van der Waals surface area contributed by atoms with E-state index in [2.05, 4.69) is 17.1 Å². The van der Waals surface area contributed by atoms with Crippen molar-refractivity contribution in [3.05, 3.63) is 11.7 Å². The number of nitrogens with zero attached hydrogens (tertiary/aromatic N) is 3. The minimum absolute atomic E-state index is 0.259. The summed E-state index contributed by atoms with van der Waals surface area (Å²) in [6.07, 6.45) is 1.97. The summed E-state index contributed by atoms with van der Waals surface area (Å²) in [7, 11) is 0. The number of carbonyl (C=O) groups excluding carboxylic acids is 1. The van der Waals surface area contributed by atoms with E-state index in [-0.39, 0.29) is 11.7 Å². The van der Waals surface area contributed by atoms with Crippen LogP contribution in [0.4, 0.5) is 4.79 Å². The van der Waals surface area contributed by atoms with Gasteiger partial charge in [0.15, 0.2) is 5.82 Å². The predicted molar refractivity (Wildman–Crippen MR) is 83.9 cm³/mol. The topological polar surface area (TPSA) is 77.7 Å². The van der Waals surface area contributed by atoms with Gasteiger partial charge >= 0.3 is 6.09 Å². The second-order valence-electron chi connectivity index (χ2n) is 7.16. The SMILES string of the molecule is CCc1nc(COC2(C)CCN(C(=O)OC(C)(C)C)CC2)no1. The van der Waals surface area contributed by atoms with E-state index in [1.54, 1.807) is 4.90 Å². The molecule has 0 radical (unpaired) electrons. The van der Waals surface area contributed by atoms with E-state index >= 15 is 0 Å². The van der Waals surface area contributed by atoms with Gasteiger partial charge in [-0.15, -0.1) is 0 Å². The maximum absolute atomic E-state index is 12.1. The average molecular weight is 325 g/mol. The van der Waals surface area contributed by atoms with E-state index in [0.717, 1.165) is 19.3 Å². The summed E-state index contributed by atoms with van der Waals surface area (Å²) in [5.41, 5.74) is -0.755. The van der Waals surface area contributed by atoms with Gasteiger partial charge in [-0.3, -0.25) is 0 Å². The second kappa shape index (κ2) is 6.86. The lowest BCUT2D eigenvalue weighted by Gasteiger charge is -2.39. The lowest BCUT2D eigenvalue weighted by atomic mass is 9.93. The first-order valence-corrected chi connectivity index (χ1v) is 8.14. The Morgan fingerprint density at radius 2 is 2.00 bits per heavy atom. The molecule has 0 saturated carbocycles. The molecule has 1 aromatic rings. The van der Waals surface area contributed by atoms with E-state index < -0.39 is 5.60 Å². The van der Waals surface area contributed by atoms with Crippen molar-refractivity contribution in [2.24, 2.45) is 0 Å². The zero-order valence-electron chi connectivity index (χ0n) is 14.7. The lowest BCUT2D eigenvalue weighted by molar-refractivity contribution is -0.0834. The molecule has 1 aliphatic rings. The normalized spacial score (nSPS) is 18.0. The molecule has 0 N–H and O–H groups in total. The van der Waals surface area contributed by atoms with Crippen molar-refractivity contribution >= 4 is 6.09 Å². The monoisotopic (exact) mass is 325 g/mol. The van der Waals surface area contributed by atoms with E-state index in [1.165, 1.54) is 0 Å². The molecule has 0 atom stereocenters. The predicted octanol–water partition coefficient (Wildman–Crippen LogP) is 2.94. The third-order valence-corrected chi connectivity index (χ3v) is 3.84. The van der Waals surface area contributed by atoms with E-state index in [4.69, 9.17) is 14.0 Å². The highest BCUT2D eigenvalue weighted by Gasteiger charge is 2.34. The number of likely N-dealkylation sites (tertiary alicyclic amines) is 1. The van der Waals surface area contributed by atoms with Gasteiger partial charge in [-0.2, -0.15) is 4.98 Å². The van der Waals surface area contributed by atoms with Gasteiger partial charge in [0, 0.05) is 19.5 Å². The van der Waals surface area contributed by atoms with Crippen molar-refractivity contribution < 1.29 is 18.8 Å². The molecule has 130 valence electrons. The van der Waals surface area contributed by atoms with Crippen LogP contribution in [0, 0.1) is 0 Å². The number of carbonyl (C=O) groups is 1. The molecule has 23 heavy (non-hydrogen) atoms. The fraction of sp³-hybridized carbons (Fsp3) is 0.812. The zero-order chi connectivity index (χ0) is 17.1. The van der Waals surface area contributed by atoms with E-state index in [0.29, 0.717) is 31.4 Å². The van der Waals surface area contributed by atoms with Gasteiger partial charge in [0.1, 0.15) is 12.2 Å². The fourth-order valence-corrected chi connectivity index (χ4v) is 2.36. The van der Waals surface area contributed by atoms with Crippen LogP contribution in [0.3, 0.4) is 0 Å². The number of hydrogen-bond donors (Lipinski definition) is 0.